The van der Waals surface area contributed by atoms with E-state index in [1.165, 1.54) is 0 Å². The Morgan fingerprint density at radius 1 is 0.941 bits per heavy atom. The third-order valence-electron chi connectivity index (χ3n) is 5.58. The smallest absolute Gasteiger partial charge is 0.407 e. The van der Waals surface area contributed by atoms with Crippen molar-refractivity contribution in [3.05, 3.63) is 59.7 Å². The van der Waals surface area contributed by atoms with Crippen LogP contribution in [0.25, 0.3) is 11.1 Å². The number of rotatable bonds is 12. The van der Waals surface area contributed by atoms with E-state index in [9.17, 15) is 19.5 Å². The first-order chi connectivity index (χ1) is 16.4. The summed E-state index contributed by atoms with van der Waals surface area (Å²) >= 11 is 0. The fourth-order valence-electron chi connectivity index (χ4n) is 4.06. The molecule has 9 nitrogen and oxygen atoms in total. The maximum absolute atomic E-state index is 12.4. The number of aliphatic hydroxyl groups excluding tert-OH is 1. The van der Waals surface area contributed by atoms with Gasteiger partial charge in [-0.1, -0.05) is 48.5 Å². The van der Waals surface area contributed by atoms with E-state index >= 15 is 0 Å². The molecule has 0 radical (unpaired) electrons. The molecule has 2 unspecified atom stereocenters. The van der Waals surface area contributed by atoms with E-state index in [1.807, 2.05) is 36.4 Å². The van der Waals surface area contributed by atoms with E-state index in [0.717, 1.165) is 22.3 Å². The fourth-order valence-corrected chi connectivity index (χ4v) is 4.06. The number of hydrogen-bond acceptors (Lipinski definition) is 6. The monoisotopic (exact) mass is 470 g/mol. The van der Waals surface area contributed by atoms with Crippen LogP contribution in [0.15, 0.2) is 48.5 Å². The Hall–Kier alpha value is -3.43. The molecule has 0 heterocycles. The number of hydrogen-bond donors (Lipinski definition) is 4. The highest BCUT2D eigenvalue weighted by molar-refractivity contribution is 5.79. The van der Waals surface area contributed by atoms with Crippen LogP contribution in [0, 0.1) is 0 Å². The molecule has 2 aromatic carbocycles. The van der Waals surface area contributed by atoms with Gasteiger partial charge in [0, 0.05) is 25.6 Å². The first kappa shape index (κ1) is 25.2. The van der Waals surface area contributed by atoms with Gasteiger partial charge >= 0.3 is 12.1 Å². The number of fused-ring (bicyclic) bond motifs is 3. The van der Waals surface area contributed by atoms with Crippen molar-refractivity contribution in [2.24, 2.45) is 0 Å². The number of nitrogens with one attached hydrogen (secondary N) is 2. The lowest BCUT2D eigenvalue weighted by molar-refractivity contribution is -0.139. The van der Waals surface area contributed by atoms with Crippen molar-refractivity contribution in [3.63, 3.8) is 0 Å². The van der Waals surface area contributed by atoms with Gasteiger partial charge in [0.25, 0.3) is 0 Å². The largest absolute Gasteiger partial charge is 0.481 e. The molecule has 2 atom stereocenters. The zero-order valence-corrected chi connectivity index (χ0v) is 19.0. The van der Waals surface area contributed by atoms with Crippen molar-refractivity contribution in [1.82, 2.24) is 10.6 Å². The van der Waals surface area contributed by atoms with Crippen LogP contribution in [0.3, 0.4) is 0 Å². The Morgan fingerprint density at radius 2 is 1.56 bits per heavy atom. The van der Waals surface area contributed by atoms with Gasteiger partial charge < -0.3 is 30.3 Å². The van der Waals surface area contributed by atoms with Gasteiger partial charge in [-0.15, -0.1) is 0 Å². The van der Waals surface area contributed by atoms with E-state index in [0.29, 0.717) is 6.61 Å². The molecular formula is C25H30N2O7. The van der Waals surface area contributed by atoms with Crippen molar-refractivity contribution in [2.75, 3.05) is 26.3 Å². The highest BCUT2D eigenvalue weighted by Crippen LogP contribution is 2.44. The number of aliphatic carboxylic acids is 1. The second-order valence-corrected chi connectivity index (χ2v) is 8.04. The first-order valence-corrected chi connectivity index (χ1v) is 11.3. The van der Waals surface area contributed by atoms with Crippen LogP contribution in [0.4, 0.5) is 4.79 Å². The van der Waals surface area contributed by atoms with Crippen molar-refractivity contribution >= 4 is 18.0 Å². The van der Waals surface area contributed by atoms with Gasteiger partial charge in [0.2, 0.25) is 5.91 Å². The number of amides is 2. The van der Waals surface area contributed by atoms with Gasteiger partial charge in [-0.2, -0.15) is 0 Å². The standard InChI is InChI=1S/C25H30N2O7/c1-2-33-17(12-23(29)26-13-16(28)11-24(30)31)14-27-25(32)34-15-22-20-9-5-3-7-18(20)19-8-4-6-10-21(19)22/h3-10,16-17,22,28H,2,11-15H2,1H3,(H,26,29)(H,27,32)(H,30,31). The molecule has 0 saturated heterocycles. The van der Waals surface area contributed by atoms with Crippen LogP contribution in [0.1, 0.15) is 36.8 Å². The molecule has 0 aliphatic heterocycles. The lowest BCUT2D eigenvalue weighted by Crippen LogP contribution is -2.40. The van der Waals surface area contributed by atoms with Gasteiger partial charge in [0.1, 0.15) is 6.61 Å². The molecule has 2 amide bonds. The van der Waals surface area contributed by atoms with E-state index in [1.54, 1.807) is 6.92 Å². The zero-order chi connectivity index (χ0) is 24.5. The normalized spacial score (nSPS) is 13.9. The van der Waals surface area contributed by atoms with Crippen LogP contribution in [-0.4, -0.2) is 66.7 Å². The first-order valence-electron chi connectivity index (χ1n) is 11.3. The van der Waals surface area contributed by atoms with Gasteiger partial charge in [0.15, 0.2) is 0 Å². The number of alkyl carbamates (subject to hydrolysis) is 1. The molecule has 0 fully saturated rings. The summed E-state index contributed by atoms with van der Waals surface area (Å²) < 4.78 is 11.0. The third-order valence-corrected chi connectivity index (χ3v) is 5.58. The number of carboxylic acid groups (broad SMARTS) is 1. The lowest BCUT2D eigenvalue weighted by atomic mass is 9.98. The minimum absolute atomic E-state index is 0.0520. The molecule has 0 aromatic heterocycles. The number of carboxylic acids is 1. The number of benzene rings is 2. The Kier molecular flexibility index (Phi) is 9.00. The Balaban J connectivity index is 1.47. The van der Waals surface area contributed by atoms with Crippen molar-refractivity contribution in [3.8, 4) is 11.1 Å². The summed E-state index contributed by atoms with van der Waals surface area (Å²) in [5, 5.41) is 23.3. The summed E-state index contributed by atoms with van der Waals surface area (Å²) in [5.74, 6) is -1.62. The summed E-state index contributed by atoms with van der Waals surface area (Å²) in [5.41, 5.74) is 4.52. The van der Waals surface area contributed by atoms with E-state index in [2.05, 4.69) is 22.8 Å². The predicted octanol–water partition coefficient (Wildman–Crippen LogP) is 2.27. The van der Waals surface area contributed by atoms with Crippen LogP contribution >= 0.6 is 0 Å². The minimum atomic E-state index is -1.18. The Bertz CT molecular complexity index is 965. The molecule has 1 aliphatic rings. The Morgan fingerprint density at radius 3 is 2.15 bits per heavy atom. The molecule has 0 spiro atoms. The quantitative estimate of drug-likeness (QED) is 0.374. The number of ether oxygens (including phenoxy) is 2. The summed E-state index contributed by atoms with van der Waals surface area (Å²) in [6, 6.07) is 16.1. The number of carbonyl (C=O) groups is 3. The van der Waals surface area contributed by atoms with Crippen LogP contribution in [0.2, 0.25) is 0 Å². The molecule has 1 aliphatic carbocycles. The molecule has 4 N–H and O–H groups in total. The second-order valence-electron chi connectivity index (χ2n) is 8.04. The topological polar surface area (TPSA) is 134 Å². The van der Waals surface area contributed by atoms with Gasteiger partial charge in [0.05, 0.1) is 25.0 Å². The summed E-state index contributed by atoms with van der Waals surface area (Å²) in [7, 11) is 0. The van der Waals surface area contributed by atoms with Crippen molar-refractivity contribution in [1.29, 1.82) is 0 Å². The zero-order valence-electron chi connectivity index (χ0n) is 19.0. The molecular weight excluding hydrogens is 440 g/mol. The summed E-state index contributed by atoms with van der Waals surface area (Å²) in [6.07, 6.45) is -2.90. The van der Waals surface area contributed by atoms with E-state index < -0.39 is 36.6 Å². The molecule has 34 heavy (non-hydrogen) atoms. The third kappa shape index (κ3) is 6.79. The highest BCUT2D eigenvalue weighted by Gasteiger charge is 2.29. The Labute approximate surface area is 198 Å². The average molecular weight is 471 g/mol. The summed E-state index contributed by atoms with van der Waals surface area (Å²) in [4.78, 5) is 35.0. The predicted molar refractivity (Wildman–Crippen MR) is 124 cm³/mol. The molecule has 9 heteroatoms. The summed E-state index contributed by atoms with van der Waals surface area (Å²) in [6.45, 7) is 2.18. The van der Waals surface area contributed by atoms with Crippen molar-refractivity contribution in [2.45, 2.75) is 37.9 Å². The van der Waals surface area contributed by atoms with Crippen LogP contribution in [-0.2, 0) is 19.1 Å². The molecule has 182 valence electrons. The van der Waals surface area contributed by atoms with Crippen LogP contribution < -0.4 is 10.6 Å². The van der Waals surface area contributed by atoms with Gasteiger partial charge in [-0.05, 0) is 29.2 Å². The molecule has 0 saturated carbocycles. The maximum Gasteiger partial charge on any atom is 0.407 e. The SMILES string of the molecule is CCOC(CNC(=O)OCC1c2ccccc2-c2ccccc21)CC(=O)NCC(O)CC(=O)O. The van der Waals surface area contributed by atoms with Crippen LogP contribution in [0.5, 0.6) is 0 Å². The van der Waals surface area contributed by atoms with E-state index in [4.69, 9.17) is 14.6 Å². The second kappa shape index (κ2) is 12.2. The number of carbonyl (C=O) groups excluding carboxylic acids is 2. The average Bonchev–Trinajstić information content (AvgIpc) is 3.13. The number of aliphatic hydroxyl groups is 1. The maximum atomic E-state index is 12.4. The lowest BCUT2D eigenvalue weighted by Gasteiger charge is -2.19. The minimum Gasteiger partial charge on any atom is -0.481 e. The van der Waals surface area contributed by atoms with Crippen molar-refractivity contribution < 1.29 is 34.1 Å². The highest BCUT2D eigenvalue weighted by atomic mass is 16.5. The van der Waals surface area contributed by atoms with E-state index in [-0.39, 0.29) is 32.0 Å². The molecule has 3 rings (SSSR count). The van der Waals surface area contributed by atoms with Gasteiger partial charge in [-0.25, -0.2) is 4.79 Å². The fraction of sp³-hybridized carbons (Fsp3) is 0.400. The van der Waals surface area contributed by atoms with Gasteiger partial charge in [-0.3, -0.25) is 9.59 Å². The molecule has 2 aromatic rings. The molecule has 0 bridgehead atoms.